The van der Waals surface area contributed by atoms with E-state index in [0.717, 1.165) is 17.8 Å². The third kappa shape index (κ3) is 8.20. The second-order valence-electron chi connectivity index (χ2n) is 8.43. The van der Waals surface area contributed by atoms with E-state index in [1.54, 1.807) is 0 Å². The molecule has 0 aromatic heterocycles. The highest BCUT2D eigenvalue weighted by atomic mass is 35.5. The zero-order valence-corrected chi connectivity index (χ0v) is 16.4. The van der Waals surface area contributed by atoms with Gasteiger partial charge in [0.25, 0.3) is 0 Å². The van der Waals surface area contributed by atoms with Gasteiger partial charge in [-0.3, -0.25) is 0 Å². The van der Waals surface area contributed by atoms with Crippen molar-refractivity contribution < 1.29 is 4.74 Å². The lowest BCUT2D eigenvalue weighted by atomic mass is 9.91. The van der Waals surface area contributed by atoms with E-state index in [0.29, 0.717) is 12.0 Å². The molecule has 0 radical (unpaired) electrons. The van der Waals surface area contributed by atoms with Gasteiger partial charge in [-0.25, -0.2) is 0 Å². The molecule has 132 valence electrons. The molecule has 0 bridgehead atoms. The zero-order chi connectivity index (χ0) is 16.6. The maximum absolute atomic E-state index is 5.85. The molecule has 0 saturated carbocycles. The summed E-state index contributed by atoms with van der Waals surface area (Å²) in [6.45, 7) is 11.7. The predicted octanol–water partition coefficient (Wildman–Crippen LogP) is 6.82. The van der Waals surface area contributed by atoms with Crippen molar-refractivity contribution in [3.05, 3.63) is 0 Å². The molecule has 1 nitrogen and oxygen atoms in total. The van der Waals surface area contributed by atoms with Gasteiger partial charge in [0, 0.05) is 0 Å². The highest BCUT2D eigenvalue weighted by Crippen LogP contribution is 2.41. The van der Waals surface area contributed by atoms with Gasteiger partial charge in [-0.05, 0) is 31.1 Å². The molecule has 0 spiro atoms. The molecule has 0 amide bonds. The first-order chi connectivity index (χ1) is 10.4. The van der Waals surface area contributed by atoms with Crippen LogP contribution in [0.2, 0.25) is 0 Å². The summed E-state index contributed by atoms with van der Waals surface area (Å²) in [5, 5.41) is 0. The second kappa shape index (κ2) is 10.2. The highest BCUT2D eigenvalue weighted by Gasteiger charge is 2.50. The Morgan fingerprint density at radius 1 is 0.864 bits per heavy atom. The summed E-state index contributed by atoms with van der Waals surface area (Å²) < 4.78 is 5.67. The topological polar surface area (TPSA) is 12.5 Å². The molecule has 1 saturated heterocycles. The van der Waals surface area contributed by atoms with Crippen LogP contribution in [0.3, 0.4) is 0 Å². The molecule has 1 rings (SSSR count). The Morgan fingerprint density at radius 2 is 1.36 bits per heavy atom. The summed E-state index contributed by atoms with van der Waals surface area (Å²) >= 11 is 5.85. The Morgan fingerprint density at radius 3 is 1.82 bits per heavy atom. The molecule has 1 aliphatic rings. The number of ether oxygens (including phenoxy) is 1. The molecule has 0 aliphatic carbocycles. The molecule has 1 aliphatic heterocycles. The molecular formula is C20H39ClO. The average Bonchev–Trinajstić information content (AvgIpc) is 3.09. The van der Waals surface area contributed by atoms with Crippen LogP contribution in [0.15, 0.2) is 0 Å². The lowest BCUT2D eigenvalue weighted by Gasteiger charge is -2.15. The number of halogens is 1. The van der Waals surface area contributed by atoms with Gasteiger partial charge in [0.2, 0.25) is 0 Å². The predicted molar refractivity (Wildman–Crippen MR) is 98.7 cm³/mol. The molecule has 0 aromatic carbocycles. The quantitative estimate of drug-likeness (QED) is 0.266. The minimum absolute atomic E-state index is 0.104. The van der Waals surface area contributed by atoms with Gasteiger partial charge >= 0.3 is 0 Å². The Balaban J connectivity index is 1.96. The van der Waals surface area contributed by atoms with Gasteiger partial charge < -0.3 is 4.74 Å². The van der Waals surface area contributed by atoms with E-state index in [4.69, 9.17) is 16.3 Å². The van der Waals surface area contributed by atoms with Crippen LogP contribution in [-0.2, 0) is 4.74 Å². The molecule has 0 N–H and O–H groups in total. The van der Waals surface area contributed by atoms with E-state index >= 15 is 0 Å². The van der Waals surface area contributed by atoms with Crippen LogP contribution in [0.1, 0.15) is 92.4 Å². The van der Waals surface area contributed by atoms with Gasteiger partial charge in [0.05, 0.1) is 11.5 Å². The molecule has 1 fully saturated rings. The van der Waals surface area contributed by atoms with Crippen molar-refractivity contribution in [1.82, 2.24) is 0 Å². The molecule has 22 heavy (non-hydrogen) atoms. The van der Waals surface area contributed by atoms with Crippen LogP contribution in [0.25, 0.3) is 0 Å². The highest BCUT2D eigenvalue weighted by molar-refractivity contribution is 6.18. The molecule has 1 unspecified atom stereocenters. The van der Waals surface area contributed by atoms with E-state index in [1.165, 1.54) is 57.8 Å². The van der Waals surface area contributed by atoms with E-state index < -0.39 is 0 Å². The fraction of sp³-hybridized carbons (Fsp3) is 1.00. The van der Waals surface area contributed by atoms with E-state index in [1.807, 2.05) is 0 Å². The first-order valence-electron chi connectivity index (χ1n) is 9.61. The summed E-state index contributed by atoms with van der Waals surface area (Å²) in [6, 6.07) is 0. The average molecular weight is 331 g/mol. The van der Waals surface area contributed by atoms with Crippen LogP contribution in [0, 0.1) is 17.8 Å². The van der Waals surface area contributed by atoms with Crippen LogP contribution in [0.4, 0.5) is 0 Å². The summed E-state index contributed by atoms with van der Waals surface area (Å²) in [5.74, 6) is 3.29. The summed E-state index contributed by atoms with van der Waals surface area (Å²) in [7, 11) is 0. The van der Waals surface area contributed by atoms with Crippen molar-refractivity contribution in [3.8, 4) is 0 Å². The van der Waals surface area contributed by atoms with Gasteiger partial charge in [-0.1, -0.05) is 79.1 Å². The minimum Gasteiger partial charge on any atom is -0.365 e. The molecule has 1 heterocycles. The van der Waals surface area contributed by atoms with Gasteiger partial charge in [0.15, 0.2) is 0 Å². The van der Waals surface area contributed by atoms with Gasteiger partial charge in [0.1, 0.15) is 6.10 Å². The van der Waals surface area contributed by atoms with Crippen LogP contribution < -0.4 is 0 Å². The Bertz CT molecular complexity index is 291. The number of rotatable bonds is 13. The minimum atomic E-state index is 0.104. The van der Waals surface area contributed by atoms with Crippen molar-refractivity contribution in [2.75, 3.05) is 5.88 Å². The van der Waals surface area contributed by atoms with E-state index in [-0.39, 0.29) is 5.60 Å². The van der Waals surface area contributed by atoms with E-state index in [9.17, 15) is 0 Å². The molecule has 2 heteroatoms. The van der Waals surface area contributed by atoms with Crippen molar-refractivity contribution in [2.45, 2.75) is 104 Å². The van der Waals surface area contributed by atoms with Crippen molar-refractivity contribution in [2.24, 2.45) is 17.8 Å². The molecule has 4 atom stereocenters. The maximum atomic E-state index is 5.85. The maximum Gasteiger partial charge on any atom is 0.101 e. The summed E-state index contributed by atoms with van der Waals surface area (Å²) in [6.07, 6.45) is 12.6. The number of hydrogen-bond acceptors (Lipinski definition) is 1. The van der Waals surface area contributed by atoms with Crippen LogP contribution >= 0.6 is 11.6 Å². The monoisotopic (exact) mass is 330 g/mol. The van der Waals surface area contributed by atoms with Gasteiger partial charge in [-0.2, -0.15) is 0 Å². The Hall–Kier alpha value is 0.250. The smallest absolute Gasteiger partial charge is 0.101 e. The fourth-order valence-electron chi connectivity index (χ4n) is 3.49. The lowest BCUT2D eigenvalue weighted by Crippen LogP contribution is -2.11. The standard InChI is InChI=1S/C20H39ClO/c1-16(2)9-6-10-17(3)11-7-12-18(4)13-8-14-20(5)19(15-21)22-20/h16-19H,6-15H2,1-5H3/t17-,18+,19-,20?/m1/s1. The molecule has 0 aromatic rings. The van der Waals surface area contributed by atoms with Crippen LogP contribution in [-0.4, -0.2) is 17.6 Å². The third-order valence-electron chi connectivity index (χ3n) is 5.42. The Labute approximate surface area is 144 Å². The first-order valence-corrected chi connectivity index (χ1v) is 10.1. The van der Waals surface area contributed by atoms with E-state index in [2.05, 4.69) is 34.6 Å². The molecular weight excluding hydrogens is 292 g/mol. The fourth-order valence-corrected chi connectivity index (χ4v) is 3.87. The van der Waals surface area contributed by atoms with Crippen LogP contribution in [0.5, 0.6) is 0 Å². The summed E-state index contributed by atoms with van der Waals surface area (Å²) in [5.41, 5.74) is 0.104. The zero-order valence-electron chi connectivity index (χ0n) is 15.7. The van der Waals surface area contributed by atoms with Crippen molar-refractivity contribution in [1.29, 1.82) is 0 Å². The largest absolute Gasteiger partial charge is 0.365 e. The lowest BCUT2D eigenvalue weighted by molar-refractivity contribution is 0.286. The number of alkyl halides is 1. The normalized spacial score (nSPS) is 27.1. The van der Waals surface area contributed by atoms with Crippen molar-refractivity contribution >= 4 is 11.6 Å². The summed E-state index contributed by atoms with van der Waals surface area (Å²) in [4.78, 5) is 0. The SMILES string of the molecule is CC(C)CCC[C@@H](C)CCC[C@H](C)CCCC1(C)O[C@@H]1CCl. The number of hydrogen-bond donors (Lipinski definition) is 0. The Kier molecular flexibility index (Phi) is 9.40. The van der Waals surface area contributed by atoms with Crippen molar-refractivity contribution in [3.63, 3.8) is 0 Å². The second-order valence-corrected chi connectivity index (χ2v) is 8.74. The number of epoxide rings is 1. The first kappa shape index (κ1) is 20.3. The third-order valence-corrected chi connectivity index (χ3v) is 5.70. The van der Waals surface area contributed by atoms with Gasteiger partial charge in [-0.15, -0.1) is 11.6 Å².